The Morgan fingerprint density at radius 1 is 1.25 bits per heavy atom. The average molecular weight is 233 g/mol. The maximum Gasteiger partial charge on any atom is 0.0957 e. The first-order chi connectivity index (χ1) is 7.61. The lowest BCUT2D eigenvalue weighted by Gasteiger charge is -2.22. The summed E-state index contributed by atoms with van der Waals surface area (Å²) in [5, 5.41) is 9.12. The van der Waals surface area contributed by atoms with Gasteiger partial charge in [0.2, 0.25) is 0 Å². The topological polar surface area (TPSA) is 64.7 Å². The third kappa shape index (κ3) is 8.05. The summed E-state index contributed by atoms with van der Waals surface area (Å²) < 4.78 is 10.9. The largest absolute Gasteiger partial charge is 0.394 e. The monoisotopic (exact) mass is 233 g/mol. The summed E-state index contributed by atoms with van der Waals surface area (Å²) in [5.41, 5.74) is 5.88. The zero-order valence-electron chi connectivity index (χ0n) is 10.8. The molecule has 0 saturated heterocycles. The number of hydrogen-bond donors (Lipinski definition) is 2. The van der Waals surface area contributed by atoms with Crippen molar-refractivity contribution in [3.63, 3.8) is 0 Å². The smallest absolute Gasteiger partial charge is 0.0957 e. The Bertz CT molecular complexity index is 153. The molecular formula is C12H27NO3. The Kier molecular flexibility index (Phi) is 9.92. The van der Waals surface area contributed by atoms with Crippen LogP contribution in [0.25, 0.3) is 0 Å². The third-order valence-electron chi connectivity index (χ3n) is 2.29. The van der Waals surface area contributed by atoms with Crippen LogP contribution in [0, 0.1) is 5.92 Å². The van der Waals surface area contributed by atoms with Crippen molar-refractivity contribution in [2.75, 3.05) is 26.4 Å². The van der Waals surface area contributed by atoms with Crippen LogP contribution in [0.1, 0.15) is 33.6 Å². The normalized spacial score (nSPS) is 15.4. The van der Waals surface area contributed by atoms with E-state index in [-0.39, 0.29) is 18.8 Å². The number of rotatable bonds is 10. The molecular weight excluding hydrogens is 206 g/mol. The van der Waals surface area contributed by atoms with Crippen molar-refractivity contribution >= 4 is 0 Å². The predicted octanol–water partition coefficient (Wildman–Crippen LogP) is 1.16. The summed E-state index contributed by atoms with van der Waals surface area (Å²) in [7, 11) is 0. The van der Waals surface area contributed by atoms with Crippen molar-refractivity contribution in [1.82, 2.24) is 0 Å². The Labute approximate surface area is 99.1 Å². The van der Waals surface area contributed by atoms with E-state index in [2.05, 4.69) is 20.8 Å². The fourth-order valence-electron chi connectivity index (χ4n) is 1.41. The summed E-state index contributed by atoms with van der Waals surface area (Å²) in [5.74, 6) is 0.538. The molecule has 0 rings (SSSR count). The minimum absolute atomic E-state index is 0.0225. The number of aliphatic hydroxyl groups excluding tert-OH is 1. The molecule has 0 aliphatic rings. The number of nitrogens with two attached hydrogens (primary N) is 1. The lowest BCUT2D eigenvalue weighted by atomic mass is 10.1. The van der Waals surface area contributed by atoms with E-state index in [0.717, 1.165) is 19.4 Å². The summed E-state index contributed by atoms with van der Waals surface area (Å²) in [4.78, 5) is 0. The Morgan fingerprint density at radius 2 is 1.94 bits per heavy atom. The minimum Gasteiger partial charge on any atom is -0.394 e. The molecule has 0 aromatic heterocycles. The molecule has 4 nitrogen and oxygen atoms in total. The SMILES string of the molecule is CCCC(N)C(CO)OCCOCC(C)C. The van der Waals surface area contributed by atoms with Gasteiger partial charge in [0.1, 0.15) is 0 Å². The highest BCUT2D eigenvalue weighted by Gasteiger charge is 2.16. The molecule has 0 heterocycles. The Hall–Kier alpha value is -0.160. The van der Waals surface area contributed by atoms with Gasteiger partial charge in [-0.05, 0) is 12.3 Å². The van der Waals surface area contributed by atoms with Crippen LogP contribution in [0.15, 0.2) is 0 Å². The van der Waals surface area contributed by atoms with E-state index >= 15 is 0 Å². The van der Waals surface area contributed by atoms with Gasteiger partial charge >= 0.3 is 0 Å². The maximum absolute atomic E-state index is 9.12. The Morgan fingerprint density at radius 3 is 2.44 bits per heavy atom. The molecule has 16 heavy (non-hydrogen) atoms. The van der Waals surface area contributed by atoms with Crippen molar-refractivity contribution in [2.24, 2.45) is 11.7 Å². The van der Waals surface area contributed by atoms with Gasteiger partial charge in [0.15, 0.2) is 0 Å². The van der Waals surface area contributed by atoms with E-state index in [0.29, 0.717) is 19.1 Å². The van der Waals surface area contributed by atoms with Crippen molar-refractivity contribution < 1.29 is 14.6 Å². The zero-order valence-corrected chi connectivity index (χ0v) is 10.8. The first-order valence-corrected chi connectivity index (χ1v) is 6.17. The van der Waals surface area contributed by atoms with E-state index in [1.165, 1.54) is 0 Å². The van der Waals surface area contributed by atoms with Crippen molar-refractivity contribution in [3.05, 3.63) is 0 Å². The molecule has 0 fully saturated rings. The fourth-order valence-corrected chi connectivity index (χ4v) is 1.41. The molecule has 0 aromatic carbocycles. The number of ether oxygens (including phenoxy) is 2. The van der Waals surface area contributed by atoms with Gasteiger partial charge in [-0.25, -0.2) is 0 Å². The molecule has 98 valence electrons. The zero-order chi connectivity index (χ0) is 12.4. The van der Waals surface area contributed by atoms with E-state index in [1.54, 1.807) is 0 Å². The van der Waals surface area contributed by atoms with Crippen LogP contribution in [0.4, 0.5) is 0 Å². The fraction of sp³-hybridized carbons (Fsp3) is 1.00. The van der Waals surface area contributed by atoms with Crippen molar-refractivity contribution in [3.8, 4) is 0 Å². The molecule has 3 N–H and O–H groups in total. The summed E-state index contributed by atoms with van der Waals surface area (Å²) in [6.45, 7) is 8.06. The minimum atomic E-state index is -0.261. The van der Waals surface area contributed by atoms with Crippen molar-refractivity contribution in [2.45, 2.75) is 45.8 Å². The van der Waals surface area contributed by atoms with Crippen LogP contribution in [0.5, 0.6) is 0 Å². The molecule has 0 saturated carbocycles. The molecule has 4 heteroatoms. The third-order valence-corrected chi connectivity index (χ3v) is 2.29. The first-order valence-electron chi connectivity index (χ1n) is 6.17. The molecule has 0 radical (unpaired) electrons. The molecule has 2 unspecified atom stereocenters. The second kappa shape index (κ2) is 10.0. The quantitative estimate of drug-likeness (QED) is 0.556. The van der Waals surface area contributed by atoms with Gasteiger partial charge < -0.3 is 20.3 Å². The van der Waals surface area contributed by atoms with Crippen molar-refractivity contribution in [1.29, 1.82) is 0 Å². The summed E-state index contributed by atoms with van der Waals surface area (Å²) in [6, 6.07) is -0.0832. The van der Waals surface area contributed by atoms with Crippen LogP contribution in [-0.2, 0) is 9.47 Å². The predicted molar refractivity (Wildman–Crippen MR) is 65.4 cm³/mol. The number of hydrogen-bond acceptors (Lipinski definition) is 4. The highest BCUT2D eigenvalue weighted by molar-refractivity contribution is 4.72. The Balaban J connectivity index is 3.54. The number of aliphatic hydroxyl groups is 1. The molecule has 2 atom stereocenters. The van der Waals surface area contributed by atoms with Crippen LogP contribution >= 0.6 is 0 Å². The first kappa shape index (κ1) is 15.8. The van der Waals surface area contributed by atoms with Gasteiger partial charge in [-0.2, -0.15) is 0 Å². The average Bonchev–Trinajstić information content (AvgIpc) is 2.23. The van der Waals surface area contributed by atoms with Gasteiger partial charge in [-0.3, -0.25) is 0 Å². The molecule has 0 bridgehead atoms. The second-order valence-electron chi connectivity index (χ2n) is 4.51. The lowest BCUT2D eigenvalue weighted by molar-refractivity contribution is -0.0340. The second-order valence-corrected chi connectivity index (χ2v) is 4.51. The highest BCUT2D eigenvalue weighted by Crippen LogP contribution is 2.03. The molecule has 0 aliphatic carbocycles. The van der Waals surface area contributed by atoms with Crippen LogP contribution < -0.4 is 5.73 Å². The van der Waals surface area contributed by atoms with Crippen LogP contribution in [0.2, 0.25) is 0 Å². The van der Waals surface area contributed by atoms with Gasteiger partial charge in [0, 0.05) is 12.6 Å². The van der Waals surface area contributed by atoms with E-state index < -0.39 is 0 Å². The van der Waals surface area contributed by atoms with E-state index in [1.807, 2.05) is 0 Å². The van der Waals surface area contributed by atoms with Gasteiger partial charge in [-0.1, -0.05) is 27.2 Å². The summed E-state index contributed by atoms with van der Waals surface area (Å²) in [6.07, 6.45) is 1.62. The lowest BCUT2D eigenvalue weighted by Crippen LogP contribution is -2.40. The maximum atomic E-state index is 9.12. The van der Waals surface area contributed by atoms with Gasteiger partial charge in [-0.15, -0.1) is 0 Å². The van der Waals surface area contributed by atoms with Crippen LogP contribution in [-0.4, -0.2) is 43.7 Å². The van der Waals surface area contributed by atoms with E-state index in [9.17, 15) is 0 Å². The van der Waals surface area contributed by atoms with Crippen LogP contribution in [0.3, 0.4) is 0 Å². The highest BCUT2D eigenvalue weighted by atomic mass is 16.5. The summed E-state index contributed by atoms with van der Waals surface area (Å²) >= 11 is 0. The molecule has 0 aromatic rings. The molecule has 0 aliphatic heterocycles. The van der Waals surface area contributed by atoms with Gasteiger partial charge in [0.25, 0.3) is 0 Å². The standard InChI is InChI=1S/C12H27NO3/c1-4-5-11(13)12(8-14)16-7-6-15-9-10(2)3/h10-12,14H,4-9,13H2,1-3H3. The van der Waals surface area contributed by atoms with Gasteiger partial charge in [0.05, 0.1) is 25.9 Å². The molecule has 0 amide bonds. The van der Waals surface area contributed by atoms with E-state index in [4.69, 9.17) is 20.3 Å². The molecule has 0 spiro atoms.